The highest BCUT2D eigenvalue weighted by Gasteiger charge is 2.09. The molecule has 0 unspecified atom stereocenters. The maximum absolute atomic E-state index is 3.50. The first-order valence-corrected chi connectivity index (χ1v) is 6.16. The van der Waals surface area contributed by atoms with Crippen LogP contribution in [0.15, 0.2) is 30.5 Å². The standard InChI is InChI=1S/C13H18N4/c1-2-4-12-11(3-1)13(9-15-12)16-10-17-7-5-14-6-8-17/h1-4,9,14-16H,5-8,10H2. The fraction of sp³-hybridized carbons (Fsp3) is 0.385. The Morgan fingerprint density at radius 2 is 2.00 bits per heavy atom. The molecule has 4 heteroatoms. The fourth-order valence-corrected chi connectivity index (χ4v) is 2.28. The van der Waals surface area contributed by atoms with Crippen molar-refractivity contribution in [3.8, 4) is 0 Å². The Hall–Kier alpha value is -1.52. The van der Waals surface area contributed by atoms with Gasteiger partial charge in [-0.3, -0.25) is 4.90 Å². The molecule has 0 bridgehead atoms. The molecule has 0 aliphatic carbocycles. The van der Waals surface area contributed by atoms with Gasteiger partial charge in [0.15, 0.2) is 0 Å². The van der Waals surface area contributed by atoms with Gasteiger partial charge in [-0.1, -0.05) is 18.2 Å². The monoisotopic (exact) mass is 230 g/mol. The molecule has 1 aromatic carbocycles. The lowest BCUT2D eigenvalue weighted by molar-refractivity contribution is 0.257. The van der Waals surface area contributed by atoms with E-state index in [9.17, 15) is 0 Å². The number of piperazine rings is 1. The predicted molar refractivity (Wildman–Crippen MR) is 71.2 cm³/mol. The van der Waals surface area contributed by atoms with Crippen molar-refractivity contribution in [2.45, 2.75) is 0 Å². The Balaban J connectivity index is 1.68. The van der Waals surface area contributed by atoms with Gasteiger partial charge in [0.1, 0.15) is 0 Å². The molecule has 0 saturated carbocycles. The van der Waals surface area contributed by atoms with Gasteiger partial charge < -0.3 is 15.6 Å². The number of anilines is 1. The van der Waals surface area contributed by atoms with Crippen LogP contribution in [-0.2, 0) is 0 Å². The number of aromatic nitrogens is 1. The Kier molecular flexibility index (Phi) is 2.98. The quantitative estimate of drug-likeness (QED) is 0.747. The Labute approximate surface area is 101 Å². The highest BCUT2D eigenvalue weighted by atomic mass is 15.3. The smallest absolute Gasteiger partial charge is 0.0679 e. The number of aromatic amines is 1. The second-order valence-corrected chi connectivity index (χ2v) is 4.45. The second kappa shape index (κ2) is 4.77. The summed E-state index contributed by atoms with van der Waals surface area (Å²) in [5, 5.41) is 8.13. The molecule has 3 N–H and O–H groups in total. The average molecular weight is 230 g/mol. The van der Waals surface area contributed by atoms with Crippen LogP contribution in [-0.4, -0.2) is 42.7 Å². The van der Waals surface area contributed by atoms with E-state index < -0.39 is 0 Å². The molecule has 1 aliphatic rings. The van der Waals surface area contributed by atoms with E-state index in [1.165, 1.54) is 16.6 Å². The zero-order valence-corrected chi connectivity index (χ0v) is 9.87. The Morgan fingerprint density at radius 3 is 2.88 bits per heavy atom. The fourth-order valence-electron chi connectivity index (χ4n) is 2.28. The van der Waals surface area contributed by atoms with E-state index in [-0.39, 0.29) is 0 Å². The van der Waals surface area contributed by atoms with Crippen LogP contribution < -0.4 is 10.6 Å². The molecule has 0 amide bonds. The molecule has 1 fully saturated rings. The number of fused-ring (bicyclic) bond motifs is 1. The summed E-state index contributed by atoms with van der Waals surface area (Å²) in [5.41, 5.74) is 2.38. The molecule has 4 nitrogen and oxygen atoms in total. The van der Waals surface area contributed by atoms with E-state index in [0.717, 1.165) is 32.8 Å². The largest absolute Gasteiger partial charge is 0.371 e. The number of rotatable bonds is 3. The lowest BCUT2D eigenvalue weighted by Crippen LogP contribution is -2.45. The van der Waals surface area contributed by atoms with E-state index in [4.69, 9.17) is 0 Å². The summed E-state index contributed by atoms with van der Waals surface area (Å²) in [6.07, 6.45) is 2.05. The van der Waals surface area contributed by atoms with Crippen LogP contribution in [0.3, 0.4) is 0 Å². The summed E-state index contributed by atoms with van der Waals surface area (Å²) in [4.78, 5) is 5.71. The summed E-state index contributed by atoms with van der Waals surface area (Å²) >= 11 is 0. The van der Waals surface area contributed by atoms with E-state index in [2.05, 4.69) is 44.8 Å². The first-order chi connectivity index (χ1) is 8.43. The van der Waals surface area contributed by atoms with Crippen molar-refractivity contribution in [2.24, 2.45) is 0 Å². The zero-order chi connectivity index (χ0) is 11.5. The average Bonchev–Trinajstić information content (AvgIpc) is 2.81. The van der Waals surface area contributed by atoms with Crippen LogP contribution >= 0.6 is 0 Å². The normalized spacial score (nSPS) is 17.4. The minimum absolute atomic E-state index is 0.920. The Bertz CT molecular complexity index is 485. The minimum Gasteiger partial charge on any atom is -0.371 e. The predicted octanol–water partition coefficient (Wildman–Crippen LogP) is 1.44. The molecule has 0 radical (unpaired) electrons. The van der Waals surface area contributed by atoms with Gasteiger partial charge in [-0.25, -0.2) is 0 Å². The number of benzene rings is 1. The van der Waals surface area contributed by atoms with Gasteiger partial charge in [0.25, 0.3) is 0 Å². The van der Waals surface area contributed by atoms with Crippen molar-refractivity contribution in [1.82, 2.24) is 15.2 Å². The molecule has 2 aromatic rings. The van der Waals surface area contributed by atoms with Gasteiger partial charge in [0.05, 0.1) is 12.4 Å². The topological polar surface area (TPSA) is 43.1 Å². The van der Waals surface area contributed by atoms with Gasteiger partial charge in [0, 0.05) is 43.3 Å². The molecule has 17 heavy (non-hydrogen) atoms. The van der Waals surface area contributed by atoms with Crippen molar-refractivity contribution < 1.29 is 0 Å². The molecule has 3 rings (SSSR count). The maximum atomic E-state index is 3.50. The first kappa shape index (κ1) is 10.6. The van der Waals surface area contributed by atoms with Gasteiger partial charge in [0.2, 0.25) is 0 Å². The second-order valence-electron chi connectivity index (χ2n) is 4.45. The van der Waals surface area contributed by atoms with Crippen molar-refractivity contribution in [3.05, 3.63) is 30.5 Å². The molecule has 90 valence electrons. The third-order valence-corrected chi connectivity index (χ3v) is 3.29. The minimum atomic E-state index is 0.920. The van der Waals surface area contributed by atoms with E-state index in [1.54, 1.807) is 0 Å². The Morgan fingerprint density at radius 1 is 1.18 bits per heavy atom. The first-order valence-electron chi connectivity index (χ1n) is 6.16. The molecular formula is C13H18N4. The summed E-state index contributed by atoms with van der Waals surface area (Å²) < 4.78 is 0. The van der Waals surface area contributed by atoms with Gasteiger partial charge >= 0.3 is 0 Å². The van der Waals surface area contributed by atoms with Crippen molar-refractivity contribution in [1.29, 1.82) is 0 Å². The summed E-state index contributed by atoms with van der Waals surface area (Å²) in [5.74, 6) is 0. The van der Waals surface area contributed by atoms with E-state index in [0.29, 0.717) is 0 Å². The summed E-state index contributed by atoms with van der Waals surface area (Å²) in [6.45, 7) is 5.35. The number of para-hydroxylation sites is 1. The van der Waals surface area contributed by atoms with Crippen LogP contribution in [0.5, 0.6) is 0 Å². The van der Waals surface area contributed by atoms with Gasteiger partial charge in [-0.15, -0.1) is 0 Å². The number of H-pyrrole nitrogens is 1. The number of nitrogens with one attached hydrogen (secondary N) is 3. The van der Waals surface area contributed by atoms with Crippen LogP contribution in [0.4, 0.5) is 5.69 Å². The zero-order valence-electron chi connectivity index (χ0n) is 9.87. The van der Waals surface area contributed by atoms with Crippen molar-refractivity contribution >= 4 is 16.6 Å². The molecular weight excluding hydrogens is 212 g/mol. The van der Waals surface area contributed by atoms with Crippen molar-refractivity contribution in [2.75, 3.05) is 38.2 Å². The lowest BCUT2D eigenvalue weighted by atomic mass is 10.2. The van der Waals surface area contributed by atoms with Gasteiger partial charge in [-0.05, 0) is 6.07 Å². The number of nitrogens with zero attached hydrogens (tertiary/aromatic N) is 1. The maximum Gasteiger partial charge on any atom is 0.0679 e. The van der Waals surface area contributed by atoms with E-state index in [1.807, 2.05) is 6.20 Å². The van der Waals surface area contributed by atoms with Gasteiger partial charge in [-0.2, -0.15) is 0 Å². The highest BCUT2D eigenvalue weighted by molar-refractivity contribution is 5.92. The molecule has 0 atom stereocenters. The molecule has 0 spiro atoms. The van der Waals surface area contributed by atoms with E-state index >= 15 is 0 Å². The summed E-state index contributed by atoms with van der Waals surface area (Å²) in [7, 11) is 0. The number of hydrogen-bond acceptors (Lipinski definition) is 3. The lowest BCUT2D eigenvalue weighted by Gasteiger charge is -2.27. The molecule has 1 aliphatic heterocycles. The van der Waals surface area contributed by atoms with Crippen molar-refractivity contribution in [3.63, 3.8) is 0 Å². The molecule has 1 saturated heterocycles. The third kappa shape index (κ3) is 2.28. The van der Waals surface area contributed by atoms with Crippen LogP contribution in [0, 0.1) is 0 Å². The number of hydrogen-bond donors (Lipinski definition) is 3. The van der Waals surface area contributed by atoms with Crippen LogP contribution in [0.2, 0.25) is 0 Å². The van der Waals surface area contributed by atoms with Crippen LogP contribution in [0.25, 0.3) is 10.9 Å². The molecule has 2 heterocycles. The van der Waals surface area contributed by atoms with Crippen LogP contribution in [0.1, 0.15) is 0 Å². The molecule has 1 aromatic heterocycles. The highest BCUT2D eigenvalue weighted by Crippen LogP contribution is 2.22. The SMILES string of the molecule is c1ccc2c(NCN3CCNCC3)c[nH]c2c1. The third-order valence-electron chi connectivity index (χ3n) is 3.29. The summed E-state index contributed by atoms with van der Waals surface area (Å²) in [6, 6.07) is 8.38.